The second-order valence-corrected chi connectivity index (χ2v) is 14.7. The van der Waals surface area contributed by atoms with Crippen LogP contribution in [0.1, 0.15) is 86.6 Å². The second kappa shape index (κ2) is 17.0. The van der Waals surface area contributed by atoms with Gasteiger partial charge in [-0.1, -0.05) is 47.6 Å². The number of imide groups is 1. The molecule has 2 atom stereocenters. The number of carbonyl (C=O) groups is 5. The molecule has 4 N–H and O–H groups in total. The van der Waals surface area contributed by atoms with Gasteiger partial charge in [-0.15, -0.1) is 0 Å². The van der Waals surface area contributed by atoms with E-state index in [9.17, 15) is 29.1 Å². The second-order valence-electron chi connectivity index (χ2n) is 14.7. The Labute approximate surface area is 278 Å². The number of hydrogen-bond acceptors (Lipinski definition) is 9. The van der Waals surface area contributed by atoms with Crippen molar-refractivity contribution in [1.29, 1.82) is 0 Å². The van der Waals surface area contributed by atoms with E-state index in [-0.39, 0.29) is 61.6 Å². The molecule has 2 rings (SSSR count). The number of benzene rings is 1. The van der Waals surface area contributed by atoms with Crippen LogP contribution in [-0.2, 0) is 39.9 Å². The predicted octanol–water partition coefficient (Wildman–Crippen LogP) is 4.49. The number of anilines is 1. The first-order valence-electron chi connectivity index (χ1n) is 16.1. The summed E-state index contributed by atoms with van der Waals surface area (Å²) in [4.78, 5) is 62.8. The van der Waals surface area contributed by atoms with E-state index >= 15 is 0 Å². The third kappa shape index (κ3) is 14.0. The van der Waals surface area contributed by atoms with Gasteiger partial charge in [-0.25, -0.2) is 0 Å². The van der Waals surface area contributed by atoms with Gasteiger partial charge in [-0.05, 0) is 56.2 Å². The molecule has 0 fully saturated rings. The summed E-state index contributed by atoms with van der Waals surface area (Å²) in [6.07, 6.45) is 4.00. The van der Waals surface area contributed by atoms with Crippen LogP contribution < -0.4 is 15.8 Å². The van der Waals surface area contributed by atoms with Gasteiger partial charge < -0.3 is 30.4 Å². The number of nitrogens with two attached hydrogens (primary N) is 1. The maximum absolute atomic E-state index is 13.2. The number of carbonyl (C=O) groups excluding carboxylic acids is 4. The average molecular weight is 660 g/mol. The summed E-state index contributed by atoms with van der Waals surface area (Å²) in [5, 5.41) is 12.1. The summed E-state index contributed by atoms with van der Waals surface area (Å²) < 4.78 is 17.5. The lowest BCUT2D eigenvalue weighted by Gasteiger charge is -2.33. The van der Waals surface area contributed by atoms with Crippen LogP contribution in [0.3, 0.4) is 0 Å². The Bertz CT molecular complexity index is 1300. The average Bonchev–Trinajstić information content (AvgIpc) is 3.24. The number of ether oxygens (including phenoxy) is 3. The highest BCUT2D eigenvalue weighted by Crippen LogP contribution is 2.31. The molecule has 1 aromatic carbocycles. The van der Waals surface area contributed by atoms with E-state index in [2.05, 4.69) is 5.32 Å². The minimum atomic E-state index is -0.953. The van der Waals surface area contributed by atoms with E-state index < -0.39 is 40.3 Å². The van der Waals surface area contributed by atoms with Gasteiger partial charge in [-0.3, -0.25) is 28.9 Å². The van der Waals surface area contributed by atoms with Gasteiger partial charge in [0.1, 0.15) is 0 Å². The van der Waals surface area contributed by atoms with Crippen molar-refractivity contribution in [2.24, 2.45) is 22.5 Å². The first kappa shape index (κ1) is 39.6. The normalized spacial score (nSPS) is 15.1. The standard InChI is InChI=1S/C35H53N3O9/c1-9-14-45-21-33(3,4)18-28(39)37-26-17-24(16-25(36)15-23(2)32(43)44)10-11-27(26)47-31(42)19-35(7,8)46-22-34(5,6)20-38-29(40)12-13-30(38)41/h10-13,17,23,25H,9,14-16,18-22,36H2,1-8H3,(H,37,39)(H,43,44)/t23?,25-/m1/s1. The summed E-state index contributed by atoms with van der Waals surface area (Å²) in [6.45, 7) is 16.0. The van der Waals surface area contributed by atoms with Crippen LogP contribution in [0, 0.1) is 16.7 Å². The maximum atomic E-state index is 13.2. The number of rotatable bonds is 20. The molecule has 12 nitrogen and oxygen atoms in total. The van der Waals surface area contributed by atoms with Gasteiger partial charge in [-0.2, -0.15) is 0 Å². The molecule has 1 heterocycles. The van der Waals surface area contributed by atoms with Crippen molar-refractivity contribution in [3.8, 4) is 5.75 Å². The van der Waals surface area contributed by atoms with Crippen molar-refractivity contribution in [3.63, 3.8) is 0 Å². The van der Waals surface area contributed by atoms with Crippen LogP contribution in [0.25, 0.3) is 0 Å². The fraction of sp³-hybridized carbons (Fsp3) is 0.629. The predicted molar refractivity (Wildman–Crippen MR) is 178 cm³/mol. The number of amides is 3. The van der Waals surface area contributed by atoms with Gasteiger partial charge in [0.15, 0.2) is 5.75 Å². The first-order valence-corrected chi connectivity index (χ1v) is 16.1. The Hall–Kier alpha value is -3.61. The zero-order valence-corrected chi connectivity index (χ0v) is 29.1. The number of nitrogens with zero attached hydrogens (tertiary/aromatic N) is 1. The van der Waals surface area contributed by atoms with Gasteiger partial charge >= 0.3 is 11.9 Å². The molecule has 0 saturated carbocycles. The first-order chi connectivity index (χ1) is 21.7. The summed E-state index contributed by atoms with van der Waals surface area (Å²) in [7, 11) is 0. The zero-order valence-electron chi connectivity index (χ0n) is 29.1. The van der Waals surface area contributed by atoms with Crippen molar-refractivity contribution in [3.05, 3.63) is 35.9 Å². The molecule has 0 saturated heterocycles. The fourth-order valence-corrected chi connectivity index (χ4v) is 5.01. The third-order valence-corrected chi connectivity index (χ3v) is 7.51. The molecule has 3 amide bonds. The molecule has 1 aliphatic heterocycles. The van der Waals surface area contributed by atoms with Gasteiger partial charge in [0.25, 0.3) is 11.8 Å². The van der Waals surface area contributed by atoms with E-state index in [0.717, 1.165) is 16.9 Å². The maximum Gasteiger partial charge on any atom is 0.314 e. The Morgan fingerprint density at radius 1 is 0.979 bits per heavy atom. The van der Waals surface area contributed by atoms with Gasteiger partial charge in [0.2, 0.25) is 5.91 Å². The van der Waals surface area contributed by atoms with E-state index in [0.29, 0.717) is 19.6 Å². The van der Waals surface area contributed by atoms with Gasteiger partial charge in [0.05, 0.1) is 36.8 Å². The Morgan fingerprint density at radius 3 is 2.21 bits per heavy atom. The Balaban J connectivity index is 2.15. The van der Waals surface area contributed by atoms with Crippen molar-refractivity contribution >= 4 is 35.3 Å². The summed E-state index contributed by atoms with van der Waals surface area (Å²) in [5.41, 5.74) is 5.30. The number of hydrogen-bond donors (Lipinski definition) is 3. The number of nitrogens with one attached hydrogen (secondary N) is 1. The SMILES string of the molecule is CCCOCC(C)(C)CC(=O)Nc1cc(C[C@H](N)CC(C)C(=O)O)ccc1OC(=O)CC(C)(C)OCC(C)(C)CN1C(=O)C=CC1=O. The lowest BCUT2D eigenvalue weighted by Crippen LogP contribution is -2.42. The molecule has 1 aliphatic rings. The lowest BCUT2D eigenvalue weighted by molar-refractivity contribution is -0.144. The third-order valence-electron chi connectivity index (χ3n) is 7.51. The topological polar surface area (TPSA) is 175 Å². The number of carboxylic acid groups (broad SMARTS) is 1. The molecular weight excluding hydrogens is 606 g/mol. The van der Waals surface area contributed by atoms with Crippen LogP contribution in [0.15, 0.2) is 30.4 Å². The molecule has 1 unspecified atom stereocenters. The molecule has 262 valence electrons. The lowest BCUT2D eigenvalue weighted by atomic mass is 9.90. The smallest absolute Gasteiger partial charge is 0.314 e. The van der Waals surface area contributed by atoms with Crippen molar-refractivity contribution in [1.82, 2.24) is 4.90 Å². The van der Waals surface area contributed by atoms with Crippen molar-refractivity contribution < 1.29 is 43.3 Å². The minimum absolute atomic E-state index is 0.124. The van der Waals surface area contributed by atoms with E-state index in [1.807, 2.05) is 34.6 Å². The Kier molecular flexibility index (Phi) is 14.3. The number of aliphatic carboxylic acids is 1. The van der Waals surface area contributed by atoms with E-state index in [4.69, 9.17) is 19.9 Å². The molecule has 0 radical (unpaired) electrons. The zero-order chi connectivity index (χ0) is 35.6. The summed E-state index contributed by atoms with van der Waals surface area (Å²) in [5.74, 6) is -3.01. The molecule has 0 aromatic heterocycles. The van der Waals surface area contributed by atoms with E-state index in [1.54, 1.807) is 39.0 Å². The molecule has 0 spiro atoms. The Morgan fingerprint density at radius 2 is 1.62 bits per heavy atom. The molecule has 0 bridgehead atoms. The van der Waals surface area contributed by atoms with Crippen LogP contribution >= 0.6 is 0 Å². The number of carboxylic acids is 1. The number of esters is 1. The van der Waals surface area contributed by atoms with Crippen molar-refractivity contribution in [2.75, 3.05) is 31.7 Å². The van der Waals surface area contributed by atoms with Crippen LogP contribution in [0.2, 0.25) is 0 Å². The van der Waals surface area contributed by atoms with E-state index in [1.165, 1.54) is 12.2 Å². The summed E-state index contributed by atoms with van der Waals surface area (Å²) in [6, 6.07) is 4.56. The molecule has 1 aromatic rings. The largest absolute Gasteiger partial charge is 0.481 e. The monoisotopic (exact) mass is 659 g/mol. The van der Waals surface area contributed by atoms with Crippen LogP contribution in [-0.4, -0.2) is 77.7 Å². The molecule has 47 heavy (non-hydrogen) atoms. The highest BCUT2D eigenvalue weighted by atomic mass is 16.5. The highest BCUT2D eigenvalue weighted by molar-refractivity contribution is 6.12. The summed E-state index contributed by atoms with van der Waals surface area (Å²) >= 11 is 0. The molecule has 0 aliphatic carbocycles. The highest BCUT2D eigenvalue weighted by Gasteiger charge is 2.34. The fourth-order valence-electron chi connectivity index (χ4n) is 5.01. The quantitative estimate of drug-likeness (QED) is 0.0783. The van der Waals surface area contributed by atoms with Gasteiger partial charge in [0, 0.05) is 43.2 Å². The van der Waals surface area contributed by atoms with Crippen LogP contribution in [0.5, 0.6) is 5.75 Å². The molecular formula is C35H53N3O9. The molecule has 12 heteroatoms. The van der Waals surface area contributed by atoms with Crippen LogP contribution in [0.4, 0.5) is 5.69 Å². The minimum Gasteiger partial charge on any atom is -0.481 e. The van der Waals surface area contributed by atoms with Crippen molar-refractivity contribution in [2.45, 2.75) is 99.1 Å².